The van der Waals surface area contributed by atoms with Crippen molar-refractivity contribution in [1.82, 2.24) is 0 Å². The first-order chi connectivity index (χ1) is 12.2. The molecule has 1 saturated carbocycles. The molecule has 0 bridgehead atoms. The Morgan fingerprint density at radius 2 is 1.81 bits per heavy atom. The second-order valence-corrected chi connectivity index (χ2v) is 6.58. The highest BCUT2D eigenvalue weighted by Gasteiger charge is 2.57. The molecule has 0 unspecified atom stereocenters. The largest absolute Gasteiger partial charge is 0.508 e. The molecule has 7 nitrogen and oxygen atoms in total. The van der Waals surface area contributed by atoms with Gasteiger partial charge in [-0.2, -0.15) is 0 Å². The van der Waals surface area contributed by atoms with Gasteiger partial charge in [-0.25, -0.2) is 0 Å². The van der Waals surface area contributed by atoms with Crippen LogP contribution in [0.25, 0.3) is 0 Å². The van der Waals surface area contributed by atoms with E-state index in [4.69, 9.17) is 9.47 Å². The van der Waals surface area contributed by atoms with Gasteiger partial charge in [0.05, 0.1) is 24.7 Å². The Bertz CT molecular complexity index is 695. The van der Waals surface area contributed by atoms with Crippen molar-refractivity contribution in [1.29, 1.82) is 0 Å². The van der Waals surface area contributed by atoms with Gasteiger partial charge in [0.25, 0.3) is 0 Å². The first-order valence-electron chi connectivity index (χ1n) is 8.60. The Kier molecular flexibility index (Phi) is 6.02. The molecule has 1 aromatic rings. The molecule has 0 amide bonds. The summed E-state index contributed by atoms with van der Waals surface area (Å²) >= 11 is 0. The molecular formula is C19H24O7. The summed E-state index contributed by atoms with van der Waals surface area (Å²) in [6.45, 7) is 4.80. The number of benzene rings is 1. The van der Waals surface area contributed by atoms with E-state index in [0.29, 0.717) is 5.56 Å². The molecule has 2 rings (SSSR count). The van der Waals surface area contributed by atoms with E-state index < -0.39 is 41.1 Å². The Morgan fingerprint density at radius 1 is 1.19 bits per heavy atom. The smallest absolute Gasteiger partial charge is 0.317 e. The van der Waals surface area contributed by atoms with Gasteiger partial charge in [-0.15, -0.1) is 0 Å². The average molecular weight is 364 g/mol. The van der Waals surface area contributed by atoms with Gasteiger partial charge in [0.2, 0.25) is 0 Å². The summed E-state index contributed by atoms with van der Waals surface area (Å²) in [6.07, 6.45) is -0.366. The van der Waals surface area contributed by atoms with Gasteiger partial charge < -0.3 is 19.7 Å². The Morgan fingerprint density at radius 3 is 2.38 bits per heavy atom. The summed E-state index contributed by atoms with van der Waals surface area (Å²) in [4.78, 5) is 37.7. The molecule has 142 valence electrons. The molecule has 26 heavy (non-hydrogen) atoms. The number of carbonyl (C=O) groups excluding carboxylic acids is 3. The number of ether oxygens (including phenoxy) is 2. The molecule has 1 aliphatic carbocycles. The van der Waals surface area contributed by atoms with Crippen LogP contribution in [0.3, 0.4) is 0 Å². The summed E-state index contributed by atoms with van der Waals surface area (Å²) in [6, 6.07) is 5.95. The fraction of sp³-hybridized carbons (Fsp3) is 0.526. The van der Waals surface area contributed by atoms with Crippen molar-refractivity contribution < 1.29 is 34.1 Å². The summed E-state index contributed by atoms with van der Waals surface area (Å²) in [7, 11) is 0. The van der Waals surface area contributed by atoms with E-state index in [-0.39, 0.29) is 25.4 Å². The molecule has 0 aliphatic heterocycles. The van der Waals surface area contributed by atoms with Crippen LogP contribution in [-0.2, 0) is 23.9 Å². The number of rotatable bonds is 5. The summed E-state index contributed by atoms with van der Waals surface area (Å²) in [5.41, 5.74) is -1.31. The van der Waals surface area contributed by atoms with Gasteiger partial charge in [-0.05, 0) is 38.5 Å². The zero-order chi connectivity index (χ0) is 19.5. The third kappa shape index (κ3) is 3.88. The van der Waals surface area contributed by atoms with Crippen molar-refractivity contribution in [3.63, 3.8) is 0 Å². The normalized spacial score (nSPS) is 28.5. The maximum absolute atomic E-state index is 12.6. The monoisotopic (exact) mass is 364 g/mol. The van der Waals surface area contributed by atoms with Crippen LogP contribution in [0.15, 0.2) is 24.3 Å². The molecule has 1 aromatic carbocycles. The Labute approximate surface area is 151 Å². The summed E-state index contributed by atoms with van der Waals surface area (Å²) in [5.74, 6) is -5.46. The molecule has 0 heterocycles. The molecule has 4 atom stereocenters. The highest BCUT2D eigenvalue weighted by Crippen LogP contribution is 2.47. The molecule has 0 spiro atoms. The van der Waals surface area contributed by atoms with Crippen LogP contribution < -0.4 is 0 Å². The van der Waals surface area contributed by atoms with Gasteiger partial charge in [-0.1, -0.05) is 12.1 Å². The second kappa shape index (κ2) is 7.86. The number of phenols is 1. The molecule has 1 fully saturated rings. The van der Waals surface area contributed by atoms with E-state index in [2.05, 4.69) is 0 Å². The lowest BCUT2D eigenvalue weighted by molar-refractivity contribution is -0.172. The summed E-state index contributed by atoms with van der Waals surface area (Å²) < 4.78 is 10.1. The number of carbonyl (C=O) groups is 3. The van der Waals surface area contributed by atoms with Gasteiger partial charge in [-0.3, -0.25) is 14.4 Å². The predicted molar refractivity (Wildman–Crippen MR) is 91.3 cm³/mol. The molecule has 0 radical (unpaired) electrons. The van der Waals surface area contributed by atoms with Crippen LogP contribution in [-0.4, -0.2) is 46.7 Å². The molecule has 2 N–H and O–H groups in total. The van der Waals surface area contributed by atoms with Crippen molar-refractivity contribution in [2.45, 2.75) is 38.7 Å². The standard InChI is InChI=1S/C19H24O7/c1-4-25-17(22)15-13(21)10-19(3,24)16(18(23)26-5-2)14(15)11-7-6-8-12(20)9-11/h6-9,14-16,20,24H,4-5,10H2,1-3H3/t14-,15-,16+,19+/m1/s1. The van der Waals surface area contributed by atoms with Crippen LogP contribution in [0.2, 0.25) is 0 Å². The number of hydrogen-bond donors (Lipinski definition) is 2. The first kappa shape index (κ1) is 19.9. The second-order valence-electron chi connectivity index (χ2n) is 6.58. The molecule has 1 aliphatic rings. The summed E-state index contributed by atoms with van der Waals surface area (Å²) in [5, 5.41) is 20.6. The maximum atomic E-state index is 12.6. The van der Waals surface area contributed by atoms with E-state index in [1.165, 1.54) is 19.1 Å². The van der Waals surface area contributed by atoms with E-state index in [0.717, 1.165) is 0 Å². The first-order valence-corrected chi connectivity index (χ1v) is 8.60. The zero-order valence-corrected chi connectivity index (χ0v) is 15.1. The van der Waals surface area contributed by atoms with Crippen LogP contribution in [0, 0.1) is 11.8 Å². The highest BCUT2D eigenvalue weighted by molar-refractivity contribution is 6.02. The number of aromatic hydroxyl groups is 1. The van der Waals surface area contributed by atoms with E-state index in [9.17, 15) is 24.6 Å². The average Bonchev–Trinajstić information content (AvgIpc) is 2.53. The zero-order valence-electron chi connectivity index (χ0n) is 15.1. The van der Waals surface area contributed by atoms with Gasteiger partial charge in [0.1, 0.15) is 11.7 Å². The van der Waals surface area contributed by atoms with E-state index in [1.807, 2.05) is 0 Å². The fourth-order valence-corrected chi connectivity index (χ4v) is 3.61. The quantitative estimate of drug-likeness (QED) is 0.602. The SMILES string of the molecule is CCOC(=O)[C@@H]1C(=O)C[C@](C)(O)[C@H](C(=O)OCC)[C@@H]1c1cccc(O)c1. The molecular weight excluding hydrogens is 340 g/mol. The third-order valence-electron chi connectivity index (χ3n) is 4.60. The van der Waals surface area contributed by atoms with Crippen LogP contribution >= 0.6 is 0 Å². The minimum atomic E-state index is -1.69. The lowest BCUT2D eigenvalue weighted by Crippen LogP contribution is -2.55. The molecule has 0 saturated heterocycles. The predicted octanol–water partition coefficient (Wildman–Crippen LogP) is 1.56. The van der Waals surface area contributed by atoms with E-state index in [1.54, 1.807) is 26.0 Å². The highest BCUT2D eigenvalue weighted by atomic mass is 16.5. The Hall–Kier alpha value is -2.41. The number of esters is 2. The lowest BCUT2D eigenvalue weighted by Gasteiger charge is -2.43. The van der Waals surface area contributed by atoms with Crippen LogP contribution in [0.1, 0.15) is 38.7 Å². The lowest BCUT2D eigenvalue weighted by atomic mass is 9.61. The maximum Gasteiger partial charge on any atom is 0.317 e. The fourth-order valence-electron chi connectivity index (χ4n) is 3.61. The van der Waals surface area contributed by atoms with Crippen molar-refractivity contribution in [3.8, 4) is 5.75 Å². The van der Waals surface area contributed by atoms with Crippen LogP contribution in [0.5, 0.6) is 5.75 Å². The Balaban J connectivity index is 2.61. The number of aliphatic hydroxyl groups is 1. The molecule has 0 aromatic heterocycles. The number of hydrogen-bond acceptors (Lipinski definition) is 7. The van der Waals surface area contributed by atoms with E-state index >= 15 is 0 Å². The number of Topliss-reactive ketones (excluding diaryl/α,β-unsaturated/α-hetero) is 1. The number of phenolic OH excluding ortho intramolecular Hbond substituents is 1. The van der Waals surface area contributed by atoms with Crippen LogP contribution in [0.4, 0.5) is 0 Å². The van der Waals surface area contributed by atoms with Gasteiger partial charge >= 0.3 is 11.9 Å². The van der Waals surface area contributed by atoms with Crippen molar-refractivity contribution >= 4 is 17.7 Å². The minimum absolute atomic E-state index is 0.0783. The van der Waals surface area contributed by atoms with Crippen molar-refractivity contribution in [2.24, 2.45) is 11.8 Å². The van der Waals surface area contributed by atoms with Gasteiger partial charge in [0, 0.05) is 12.3 Å². The molecule has 7 heteroatoms. The third-order valence-corrected chi connectivity index (χ3v) is 4.60. The van der Waals surface area contributed by atoms with Gasteiger partial charge in [0.15, 0.2) is 5.78 Å². The topological polar surface area (TPSA) is 110 Å². The van der Waals surface area contributed by atoms with Crippen molar-refractivity contribution in [3.05, 3.63) is 29.8 Å². The van der Waals surface area contributed by atoms with Crippen molar-refractivity contribution in [2.75, 3.05) is 13.2 Å². The number of ketones is 1. The minimum Gasteiger partial charge on any atom is -0.508 e.